The van der Waals surface area contributed by atoms with Crippen LogP contribution >= 0.6 is 15.9 Å². The van der Waals surface area contributed by atoms with E-state index in [1.165, 1.54) is 31.2 Å². The van der Waals surface area contributed by atoms with Crippen LogP contribution in [0.4, 0.5) is 0 Å². The first-order valence-corrected chi connectivity index (χ1v) is 8.08. The highest BCUT2D eigenvalue weighted by Crippen LogP contribution is 2.27. The van der Waals surface area contributed by atoms with Crippen LogP contribution in [0.15, 0.2) is 22.9 Å². The molecule has 1 aliphatic heterocycles. The number of halogens is 1. The van der Waals surface area contributed by atoms with E-state index in [4.69, 9.17) is 5.73 Å². The first-order valence-electron chi connectivity index (χ1n) is 7.29. The lowest BCUT2D eigenvalue weighted by molar-refractivity contribution is 0.206. The fraction of sp³-hybridized carbons (Fsp3) is 0.667. The number of pyridine rings is 1. The zero-order chi connectivity index (χ0) is 13.7. The van der Waals surface area contributed by atoms with Gasteiger partial charge in [0, 0.05) is 29.5 Å². The third kappa shape index (κ3) is 4.01. The van der Waals surface area contributed by atoms with E-state index >= 15 is 0 Å². The van der Waals surface area contributed by atoms with Gasteiger partial charge in [0.15, 0.2) is 0 Å². The molecule has 0 saturated carbocycles. The Kier molecular flexibility index (Phi) is 5.79. The summed E-state index contributed by atoms with van der Waals surface area (Å²) in [5.74, 6) is 0.893. The Balaban J connectivity index is 2.09. The van der Waals surface area contributed by atoms with Gasteiger partial charge in [-0.05, 0) is 65.8 Å². The third-order valence-electron chi connectivity index (χ3n) is 4.23. The number of nitrogens with zero attached hydrogens (tertiary/aromatic N) is 2. The van der Waals surface area contributed by atoms with Gasteiger partial charge in [-0.15, -0.1) is 0 Å². The molecule has 4 heteroatoms. The molecular weight excluding hydrogens is 302 g/mol. The van der Waals surface area contributed by atoms with Crippen LogP contribution in [0, 0.1) is 5.92 Å². The largest absolute Gasteiger partial charge is 0.329 e. The molecule has 0 amide bonds. The standard InChI is InChI=1S/C15H24BrN3/c1-2-12-4-3-6-19(7-5-12)15(9-17)13-8-14(16)11-18-10-13/h8,10-12,15H,2-7,9,17H2,1H3. The molecule has 2 unspecified atom stereocenters. The molecule has 106 valence electrons. The third-order valence-corrected chi connectivity index (χ3v) is 4.67. The predicted octanol–water partition coefficient (Wildman–Crippen LogP) is 3.36. The summed E-state index contributed by atoms with van der Waals surface area (Å²) in [6.45, 7) is 5.28. The van der Waals surface area contributed by atoms with Gasteiger partial charge in [0.25, 0.3) is 0 Å². The van der Waals surface area contributed by atoms with E-state index in [9.17, 15) is 0 Å². The van der Waals surface area contributed by atoms with Gasteiger partial charge in [0.05, 0.1) is 0 Å². The molecule has 1 saturated heterocycles. The molecule has 1 fully saturated rings. The summed E-state index contributed by atoms with van der Waals surface area (Å²) in [6, 6.07) is 2.45. The number of rotatable bonds is 4. The van der Waals surface area contributed by atoms with Crippen molar-refractivity contribution in [3.63, 3.8) is 0 Å². The Hall–Kier alpha value is -0.450. The minimum absolute atomic E-state index is 0.306. The molecule has 2 N–H and O–H groups in total. The number of likely N-dealkylation sites (tertiary alicyclic amines) is 1. The van der Waals surface area contributed by atoms with Crippen molar-refractivity contribution in [3.05, 3.63) is 28.5 Å². The van der Waals surface area contributed by atoms with Crippen molar-refractivity contribution < 1.29 is 0 Å². The zero-order valence-electron chi connectivity index (χ0n) is 11.7. The summed E-state index contributed by atoms with van der Waals surface area (Å²) < 4.78 is 1.03. The molecule has 2 rings (SSSR count). The maximum atomic E-state index is 6.02. The molecule has 2 atom stereocenters. The van der Waals surface area contributed by atoms with Crippen molar-refractivity contribution >= 4 is 15.9 Å². The minimum Gasteiger partial charge on any atom is -0.329 e. The summed E-state index contributed by atoms with van der Waals surface area (Å²) in [6.07, 6.45) is 9.03. The van der Waals surface area contributed by atoms with Crippen molar-refractivity contribution in [2.75, 3.05) is 19.6 Å². The van der Waals surface area contributed by atoms with Crippen LogP contribution in [0.2, 0.25) is 0 Å². The van der Waals surface area contributed by atoms with Gasteiger partial charge < -0.3 is 5.73 Å². The fourth-order valence-corrected chi connectivity index (χ4v) is 3.40. The Labute approximate surface area is 124 Å². The predicted molar refractivity (Wildman–Crippen MR) is 82.9 cm³/mol. The second-order valence-electron chi connectivity index (χ2n) is 5.43. The molecule has 0 aliphatic carbocycles. The molecule has 0 spiro atoms. The number of nitrogens with two attached hydrogens (primary N) is 1. The fourth-order valence-electron chi connectivity index (χ4n) is 3.01. The molecule has 2 heterocycles. The van der Waals surface area contributed by atoms with Crippen LogP contribution in [0.1, 0.15) is 44.2 Å². The van der Waals surface area contributed by atoms with Crippen LogP contribution in [0.5, 0.6) is 0 Å². The van der Waals surface area contributed by atoms with Crippen molar-refractivity contribution in [1.82, 2.24) is 9.88 Å². The van der Waals surface area contributed by atoms with E-state index in [1.807, 2.05) is 12.4 Å². The Bertz CT molecular complexity index is 397. The lowest BCUT2D eigenvalue weighted by Gasteiger charge is -2.30. The van der Waals surface area contributed by atoms with E-state index in [-0.39, 0.29) is 0 Å². The van der Waals surface area contributed by atoms with Gasteiger partial charge in [0.1, 0.15) is 0 Å². The number of hydrogen-bond donors (Lipinski definition) is 1. The lowest BCUT2D eigenvalue weighted by atomic mass is 9.98. The van der Waals surface area contributed by atoms with Crippen LogP contribution in [0.25, 0.3) is 0 Å². The first-order chi connectivity index (χ1) is 9.24. The van der Waals surface area contributed by atoms with Gasteiger partial charge in [-0.2, -0.15) is 0 Å². The summed E-state index contributed by atoms with van der Waals surface area (Å²) >= 11 is 3.50. The molecule has 0 aromatic carbocycles. The van der Waals surface area contributed by atoms with Gasteiger partial charge >= 0.3 is 0 Å². The highest BCUT2D eigenvalue weighted by molar-refractivity contribution is 9.10. The van der Waals surface area contributed by atoms with Crippen LogP contribution in [-0.2, 0) is 0 Å². The van der Waals surface area contributed by atoms with Gasteiger partial charge in [-0.1, -0.05) is 13.3 Å². The molecule has 1 aromatic rings. The average Bonchev–Trinajstić information content (AvgIpc) is 2.65. The van der Waals surface area contributed by atoms with Crippen LogP contribution < -0.4 is 5.73 Å². The van der Waals surface area contributed by atoms with E-state index in [0.717, 1.165) is 23.5 Å². The smallest absolute Gasteiger partial charge is 0.0486 e. The first kappa shape index (κ1) is 14.9. The van der Waals surface area contributed by atoms with Gasteiger partial charge in [-0.3, -0.25) is 9.88 Å². The second kappa shape index (κ2) is 7.36. The highest BCUT2D eigenvalue weighted by atomic mass is 79.9. The summed E-state index contributed by atoms with van der Waals surface area (Å²) in [4.78, 5) is 6.81. The summed E-state index contributed by atoms with van der Waals surface area (Å²) in [5, 5.41) is 0. The monoisotopic (exact) mass is 325 g/mol. The normalized spacial score (nSPS) is 23.0. The summed E-state index contributed by atoms with van der Waals surface area (Å²) in [7, 11) is 0. The van der Waals surface area contributed by atoms with E-state index in [1.54, 1.807) is 0 Å². The van der Waals surface area contributed by atoms with Crippen molar-refractivity contribution in [2.24, 2.45) is 11.7 Å². The van der Waals surface area contributed by atoms with Crippen LogP contribution in [0.3, 0.4) is 0 Å². The van der Waals surface area contributed by atoms with E-state index in [2.05, 4.69) is 38.8 Å². The molecule has 3 nitrogen and oxygen atoms in total. The Morgan fingerprint density at radius 1 is 1.42 bits per heavy atom. The van der Waals surface area contributed by atoms with Crippen molar-refractivity contribution in [3.8, 4) is 0 Å². The Morgan fingerprint density at radius 2 is 2.26 bits per heavy atom. The van der Waals surface area contributed by atoms with Crippen LogP contribution in [-0.4, -0.2) is 29.5 Å². The molecule has 1 aromatic heterocycles. The average molecular weight is 326 g/mol. The summed E-state index contributed by atoms with van der Waals surface area (Å²) in [5.41, 5.74) is 7.25. The maximum absolute atomic E-state index is 6.02. The quantitative estimate of drug-likeness (QED) is 0.922. The lowest BCUT2D eigenvalue weighted by Crippen LogP contribution is -2.34. The van der Waals surface area contributed by atoms with Gasteiger partial charge in [0.2, 0.25) is 0 Å². The molecular formula is C15H24BrN3. The number of aromatic nitrogens is 1. The molecule has 19 heavy (non-hydrogen) atoms. The zero-order valence-corrected chi connectivity index (χ0v) is 13.3. The van der Waals surface area contributed by atoms with Crippen molar-refractivity contribution in [2.45, 2.75) is 38.6 Å². The second-order valence-corrected chi connectivity index (χ2v) is 6.34. The van der Waals surface area contributed by atoms with E-state index in [0.29, 0.717) is 12.6 Å². The van der Waals surface area contributed by atoms with Gasteiger partial charge in [-0.25, -0.2) is 0 Å². The molecule has 0 radical (unpaired) electrons. The molecule has 0 bridgehead atoms. The van der Waals surface area contributed by atoms with E-state index < -0.39 is 0 Å². The minimum atomic E-state index is 0.306. The van der Waals surface area contributed by atoms with Crippen molar-refractivity contribution in [1.29, 1.82) is 0 Å². The molecule has 1 aliphatic rings. The highest BCUT2D eigenvalue weighted by Gasteiger charge is 2.23. The SMILES string of the molecule is CCC1CCCN(C(CN)c2cncc(Br)c2)CC1. The maximum Gasteiger partial charge on any atom is 0.0486 e. The Morgan fingerprint density at radius 3 is 2.95 bits per heavy atom. The topological polar surface area (TPSA) is 42.1 Å². The number of hydrogen-bond acceptors (Lipinski definition) is 3.